The number of allylic oxidation sites excluding steroid dienone is 28. The van der Waals surface area contributed by atoms with Gasteiger partial charge < -0.3 is 33.8 Å². The van der Waals surface area contributed by atoms with Crippen LogP contribution in [0.25, 0.3) is 0 Å². The molecule has 5 unspecified atom stereocenters. The summed E-state index contributed by atoms with van der Waals surface area (Å²) in [5.41, 5.74) is 0. The van der Waals surface area contributed by atoms with Crippen molar-refractivity contribution in [3.63, 3.8) is 0 Å². The Bertz CT molecular complexity index is 2790. The summed E-state index contributed by atoms with van der Waals surface area (Å²) in [6.45, 7) is 4.53. The molecule has 0 saturated carbocycles. The fourth-order valence-electron chi connectivity index (χ4n) is 11.1. The zero-order chi connectivity index (χ0) is 81.7. The van der Waals surface area contributed by atoms with Crippen molar-refractivity contribution in [3.05, 3.63) is 170 Å². The average Bonchev–Trinajstić information content (AvgIpc) is 0.898. The van der Waals surface area contributed by atoms with E-state index in [2.05, 4.69) is 198 Å². The lowest BCUT2D eigenvalue weighted by Gasteiger charge is -2.21. The van der Waals surface area contributed by atoms with Gasteiger partial charge in [0.05, 0.1) is 26.4 Å². The maximum absolute atomic E-state index is 13.2. The Kier molecular flexibility index (Phi) is 79.2. The standard InChI is InChI=1S/C93H154O17P2/c1-5-9-13-17-21-25-29-33-37-40-43-46-50-53-57-61-65-69-73-77-90(95)103-83-88(109-92(97)79-75-71-67-63-59-55-49-36-32-28-24-20-16-12-8-4)85-107-111(99,100)105-81-87(94)82-106-112(101,102)108-86-89(110-93(98)80-76-72-68-64-60-56-52-48-45-42-39-35-31-27-23-19-15-11-7-3)84-104-91(96)78-74-70-66-62-58-54-51-47-44-41-38-34-30-26-22-18-14-10-6-2/h10,12,14,16,21-28,33-39,43-49,54,58,87-89,94H,5-9,11,13,15,17-20,29-32,40-42,50-53,55-57,59-86H2,1-4H3,(H,99,100)(H,101,102)/b14-10-,16-12-,25-21-,26-22-,27-23-,28-24-,37-33-,38-34-,39-35-,46-43-,47-44-,48-45-,49-36-,58-54-. The molecule has 0 saturated heterocycles. The number of ether oxygens (including phenoxy) is 4. The van der Waals surface area contributed by atoms with Gasteiger partial charge in [-0.05, 0) is 180 Å². The van der Waals surface area contributed by atoms with Gasteiger partial charge in [-0.15, -0.1) is 0 Å². The molecule has 0 aliphatic carbocycles. The van der Waals surface area contributed by atoms with Crippen molar-refractivity contribution in [3.8, 4) is 0 Å². The molecule has 19 heteroatoms. The number of hydrogen-bond donors (Lipinski definition) is 3. The van der Waals surface area contributed by atoms with Crippen LogP contribution in [0.1, 0.15) is 336 Å². The SMILES string of the molecule is CC/C=C\C/C=C\C/C=C\C/C=C\C/C=C\CCCCCC(=O)OCC(COP(=O)(O)OCC(O)COP(=O)(O)OCC(COC(=O)CCCCCCCC/C=C\C/C=C\C/C=C\CCCCC)OC(=O)CCCCCCC/C=C\C/C=C\C/C=C\CC)OC(=O)CCCCCCCC/C=C\C/C=C\C/C=C\CCCCC. The minimum absolute atomic E-state index is 0.0664. The highest BCUT2D eigenvalue weighted by Gasteiger charge is 2.30. The van der Waals surface area contributed by atoms with Crippen molar-refractivity contribution >= 4 is 39.5 Å². The van der Waals surface area contributed by atoms with E-state index in [1.807, 2.05) is 0 Å². The van der Waals surface area contributed by atoms with Gasteiger partial charge in [-0.2, -0.15) is 0 Å². The van der Waals surface area contributed by atoms with Crippen molar-refractivity contribution in [1.82, 2.24) is 0 Å². The smallest absolute Gasteiger partial charge is 0.462 e. The normalized spacial score (nSPS) is 14.6. The van der Waals surface area contributed by atoms with Gasteiger partial charge in [0.15, 0.2) is 12.2 Å². The van der Waals surface area contributed by atoms with Crippen LogP contribution >= 0.6 is 15.6 Å². The summed E-state index contributed by atoms with van der Waals surface area (Å²) in [5, 5.41) is 10.7. The van der Waals surface area contributed by atoms with Gasteiger partial charge in [0.25, 0.3) is 0 Å². The second-order valence-corrected chi connectivity index (χ2v) is 31.3. The number of esters is 4. The van der Waals surface area contributed by atoms with E-state index < -0.39 is 97.5 Å². The zero-order valence-electron chi connectivity index (χ0n) is 70.0. The number of carbonyl (C=O) groups is 4. The predicted octanol–water partition coefficient (Wildman–Crippen LogP) is 26.1. The molecule has 638 valence electrons. The second kappa shape index (κ2) is 83.4. The molecule has 0 aliphatic heterocycles. The first-order chi connectivity index (χ1) is 54.7. The molecule has 0 spiro atoms. The van der Waals surface area contributed by atoms with E-state index in [-0.39, 0.29) is 25.7 Å². The molecule has 0 aromatic heterocycles. The fraction of sp³-hybridized carbons (Fsp3) is 0.656. The van der Waals surface area contributed by atoms with Crippen LogP contribution in [-0.4, -0.2) is 96.7 Å². The monoisotopic (exact) mass is 1610 g/mol. The molecular weight excluding hydrogens is 1450 g/mol. The topological polar surface area (TPSA) is 237 Å². The van der Waals surface area contributed by atoms with Gasteiger partial charge >= 0.3 is 39.5 Å². The lowest BCUT2D eigenvalue weighted by Crippen LogP contribution is -2.30. The van der Waals surface area contributed by atoms with Gasteiger partial charge in [0.1, 0.15) is 19.3 Å². The van der Waals surface area contributed by atoms with Crippen molar-refractivity contribution in [2.45, 2.75) is 354 Å². The molecule has 112 heavy (non-hydrogen) atoms. The Morgan fingerprint density at radius 2 is 0.464 bits per heavy atom. The number of aliphatic hydroxyl groups excluding tert-OH is 1. The number of carbonyl (C=O) groups excluding carboxylic acids is 4. The van der Waals surface area contributed by atoms with Gasteiger partial charge in [0, 0.05) is 25.7 Å². The lowest BCUT2D eigenvalue weighted by molar-refractivity contribution is -0.161. The van der Waals surface area contributed by atoms with Crippen LogP contribution in [0.2, 0.25) is 0 Å². The largest absolute Gasteiger partial charge is 0.472 e. The third kappa shape index (κ3) is 82.4. The fourth-order valence-corrected chi connectivity index (χ4v) is 12.7. The number of aliphatic hydroxyl groups is 1. The first kappa shape index (κ1) is 106. The van der Waals surface area contributed by atoms with Gasteiger partial charge in [-0.1, -0.05) is 301 Å². The summed E-state index contributed by atoms with van der Waals surface area (Å²) in [5.74, 6) is -2.26. The van der Waals surface area contributed by atoms with Crippen molar-refractivity contribution in [2.75, 3.05) is 39.6 Å². The van der Waals surface area contributed by atoms with E-state index in [9.17, 15) is 43.2 Å². The summed E-state index contributed by atoms with van der Waals surface area (Å²) in [4.78, 5) is 73.3. The van der Waals surface area contributed by atoms with Crippen LogP contribution in [0.5, 0.6) is 0 Å². The maximum Gasteiger partial charge on any atom is 0.472 e. The molecule has 0 heterocycles. The maximum atomic E-state index is 13.2. The van der Waals surface area contributed by atoms with E-state index in [4.69, 9.17) is 37.0 Å². The van der Waals surface area contributed by atoms with Crippen LogP contribution < -0.4 is 0 Å². The van der Waals surface area contributed by atoms with Crippen LogP contribution in [0, 0.1) is 0 Å². The summed E-state index contributed by atoms with van der Waals surface area (Å²) < 4.78 is 68.8. The number of rotatable bonds is 80. The minimum atomic E-state index is -5.00. The molecule has 0 amide bonds. The third-order valence-electron chi connectivity index (χ3n) is 17.6. The average molecular weight is 1610 g/mol. The molecule has 17 nitrogen and oxygen atoms in total. The quantitative estimate of drug-likeness (QED) is 0.0169. The molecule has 0 rings (SSSR count). The highest BCUT2D eigenvalue weighted by atomic mass is 31.2. The van der Waals surface area contributed by atoms with Gasteiger partial charge in [0.2, 0.25) is 0 Å². The van der Waals surface area contributed by atoms with E-state index in [0.717, 1.165) is 218 Å². The summed E-state index contributed by atoms with van der Waals surface area (Å²) in [6, 6.07) is 0. The third-order valence-corrected chi connectivity index (χ3v) is 19.5. The Hall–Kier alpha value is -5.58. The number of unbranched alkanes of at least 4 members (excludes halogenated alkanes) is 26. The van der Waals surface area contributed by atoms with E-state index >= 15 is 0 Å². The Labute approximate surface area is 680 Å². The summed E-state index contributed by atoms with van der Waals surface area (Å²) in [7, 11) is -10.0. The number of hydrogen-bond acceptors (Lipinski definition) is 15. The van der Waals surface area contributed by atoms with Crippen molar-refractivity contribution < 1.29 is 80.2 Å². The van der Waals surface area contributed by atoms with E-state index in [1.165, 1.54) is 38.5 Å². The first-order valence-corrected chi connectivity index (χ1v) is 46.4. The predicted molar refractivity (Wildman–Crippen MR) is 463 cm³/mol. The number of phosphoric ester groups is 2. The molecule has 0 aromatic carbocycles. The molecule has 3 N–H and O–H groups in total. The van der Waals surface area contributed by atoms with Crippen LogP contribution in [0.15, 0.2) is 170 Å². The molecule has 0 aromatic rings. The van der Waals surface area contributed by atoms with Crippen molar-refractivity contribution in [2.24, 2.45) is 0 Å². The van der Waals surface area contributed by atoms with Gasteiger partial charge in [-0.25, -0.2) is 9.13 Å². The number of phosphoric acid groups is 2. The minimum Gasteiger partial charge on any atom is -0.462 e. The zero-order valence-corrected chi connectivity index (χ0v) is 71.8. The summed E-state index contributed by atoms with van der Waals surface area (Å²) >= 11 is 0. The van der Waals surface area contributed by atoms with Crippen LogP contribution in [0.3, 0.4) is 0 Å². The molecule has 0 fully saturated rings. The molecule has 0 bridgehead atoms. The molecular formula is C93H154O17P2. The van der Waals surface area contributed by atoms with Crippen LogP contribution in [0.4, 0.5) is 0 Å². The first-order valence-electron chi connectivity index (χ1n) is 43.4. The summed E-state index contributed by atoms with van der Waals surface area (Å²) in [6.07, 6.45) is 100. The molecule has 5 atom stereocenters. The Morgan fingerprint density at radius 3 is 0.723 bits per heavy atom. The van der Waals surface area contributed by atoms with Gasteiger partial charge in [-0.3, -0.25) is 37.3 Å². The molecule has 0 radical (unpaired) electrons. The van der Waals surface area contributed by atoms with E-state index in [1.54, 1.807) is 0 Å². The van der Waals surface area contributed by atoms with Crippen LogP contribution in [-0.2, 0) is 65.4 Å². The Balaban J connectivity index is 5.46. The highest BCUT2D eigenvalue weighted by Crippen LogP contribution is 2.45. The lowest BCUT2D eigenvalue weighted by atomic mass is 10.1. The van der Waals surface area contributed by atoms with Crippen molar-refractivity contribution in [1.29, 1.82) is 0 Å². The second-order valence-electron chi connectivity index (χ2n) is 28.4. The van der Waals surface area contributed by atoms with E-state index in [0.29, 0.717) is 25.7 Å². The Morgan fingerprint density at radius 1 is 0.259 bits per heavy atom. The molecule has 0 aliphatic rings. The highest BCUT2D eigenvalue weighted by molar-refractivity contribution is 7.47.